The van der Waals surface area contributed by atoms with Gasteiger partial charge in [0.2, 0.25) is 11.7 Å². The molecule has 1 N–H and O–H groups in total. The highest BCUT2D eigenvalue weighted by Crippen LogP contribution is 2.31. The highest BCUT2D eigenvalue weighted by Gasteiger charge is 2.24. The Morgan fingerprint density at radius 1 is 0.943 bits per heavy atom. The molecule has 1 aliphatic rings. The Hall–Kier alpha value is -3.86. The van der Waals surface area contributed by atoms with Gasteiger partial charge in [-0.25, -0.2) is 0 Å². The molecular formula is C24H30N6O5. The molecule has 0 bridgehead atoms. The molecule has 0 aliphatic carbocycles. The largest absolute Gasteiger partial charge is 0.497 e. The summed E-state index contributed by atoms with van der Waals surface area (Å²) in [6.07, 6.45) is 1.63. The molecule has 11 heteroatoms. The monoisotopic (exact) mass is 482 g/mol. The van der Waals surface area contributed by atoms with Crippen molar-refractivity contribution in [1.29, 1.82) is 0 Å². The number of hydrogen-bond acceptors (Lipinski definition) is 9. The van der Waals surface area contributed by atoms with E-state index in [9.17, 15) is 4.79 Å². The van der Waals surface area contributed by atoms with Crippen molar-refractivity contribution in [3.63, 3.8) is 0 Å². The Morgan fingerprint density at radius 2 is 1.66 bits per heavy atom. The molecule has 3 aromatic rings. The average molecular weight is 483 g/mol. The maximum Gasteiger partial charge on any atom is 0.238 e. The number of tetrazole rings is 1. The van der Waals surface area contributed by atoms with E-state index in [1.54, 1.807) is 51.4 Å². The topological polar surface area (TPSA) is 113 Å². The van der Waals surface area contributed by atoms with Crippen LogP contribution in [0.3, 0.4) is 0 Å². The highest BCUT2D eigenvalue weighted by molar-refractivity contribution is 5.94. The summed E-state index contributed by atoms with van der Waals surface area (Å²) in [4.78, 5) is 16.4. The van der Waals surface area contributed by atoms with E-state index in [2.05, 4.69) is 25.6 Å². The fraction of sp³-hybridized carbons (Fsp3) is 0.417. The molecule has 0 unspecified atom stereocenters. The third kappa shape index (κ3) is 5.62. The Labute approximate surface area is 203 Å². The highest BCUT2D eigenvalue weighted by atomic mass is 16.5. The second-order valence-corrected chi connectivity index (χ2v) is 8.12. The van der Waals surface area contributed by atoms with E-state index in [-0.39, 0.29) is 18.5 Å². The lowest BCUT2D eigenvalue weighted by Gasteiger charge is -2.30. The lowest BCUT2D eigenvalue weighted by molar-refractivity contribution is -0.117. The van der Waals surface area contributed by atoms with Crippen molar-refractivity contribution in [3.05, 3.63) is 36.4 Å². The molecule has 0 atom stereocenters. The van der Waals surface area contributed by atoms with Crippen molar-refractivity contribution in [1.82, 2.24) is 25.1 Å². The summed E-state index contributed by atoms with van der Waals surface area (Å²) < 4.78 is 21.2. The summed E-state index contributed by atoms with van der Waals surface area (Å²) >= 11 is 0. The van der Waals surface area contributed by atoms with Crippen molar-refractivity contribution >= 4 is 11.6 Å². The molecule has 1 aliphatic heterocycles. The zero-order valence-electron chi connectivity index (χ0n) is 20.4. The van der Waals surface area contributed by atoms with Gasteiger partial charge in [-0.05, 0) is 48.4 Å². The molecule has 0 radical (unpaired) electrons. The summed E-state index contributed by atoms with van der Waals surface area (Å²) in [5.74, 6) is 2.91. The second-order valence-electron chi connectivity index (χ2n) is 8.12. The summed E-state index contributed by atoms with van der Waals surface area (Å²) in [5.41, 5.74) is 1.39. The standard InChI is InChI=1S/C24H30N6O5/c1-32-18-6-8-20(33-2)19(14-18)25-23(31)15-29-11-9-17(10-12-29)30-27-24(26-28-30)16-5-7-21(34-3)22(13-16)35-4/h5-8,13-14,17H,9-12,15H2,1-4H3,(H,25,31). The maximum atomic E-state index is 12.6. The molecule has 11 nitrogen and oxygen atoms in total. The normalized spacial score (nSPS) is 14.4. The van der Waals surface area contributed by atoms with Crippen LogP contribution in [0.4, 0.5) is 5.69 Å². The molecule has 186 valence electrons. The van der Waals surface area contributed by atoms with Gasteiger partial charge in [0.1, 0.15) is 11.5 Å². The van der Waals surface area contributed by atoms with Gasteiger partial charge in [-0.1, -0.05) is 0 Å². The molecular weight excluding hydrogens is 452 g/mol. The smallest absolute Gasteiger partial charge is 0.238 e. The first-order valence-corrected chi connectivity index (χ1v) is 11.3. The molecule has 1 fully saturated rings. The van der Waals surface area contributed by atoms with Gasteiger partial charge in [0, 0.05) is 24.7 Å². The number of hydrogen-bond donors (Lipinski definition) is 1. The maximum absolute atomic E-state index is 12.6. The molecule has 4 rings (SSSR count). The third-order valence-corrected chi connectivity index (χ3v) is 6.00. The molecule has 2 aromatic carbocycles. The van der Waals surface area contributed by atoms with Gasteiger partial charge in [-0.15, -0.1) is 10.2 Å². The molecule has 0 spiro atoms. The number of likely N-dealkylation sites (tertiary alicyclic amines) is 1. The van der Waals surface area contributed by atoms with E-state index in [0.717, 1.165) is 31.5 Å². The third-order valence-electron chi connectivity index (χ3n) is 6.00. The first kappa shape index (κ1) is 24.3. The Balaban J connectivity index is 1.33. The van der Waals surface area contributed by atoms with E-state index in [1.807, 2.05) is 18.2 Å². The second kappa shape index (κ2) is 11.0. The van der Waals surface area contributed by atoms with Crippen LogP contribution in [0.15, 0.2) is 36.4 Å². The Kier molecular flexibility index (Phi) is 7.66. The quantitative estimate of drug-likeness (QED) is 0.492. The van der Waals surface area contributed by atoms with Crippen LogP contribution < -0.4 is 24.3 Å². The Morgan fingerprint density at radius 3 is 2.34 bits per heavy atom. The van der Waals surface area contributed by atoms with Gasteiger partial charge in [0.05, 0.1) is 46.7 Å². The summed E-state index contributed by atoms with van der Waals surface area (Å²) in [5, 5.41) is 16.0. The van der Waals surface area contributed by atoms with Crippen molar-refractivity contribution < 1.29 is 23.7 Å². The number of methoxy groups -OCH3 is 4. The van der Waals surface area contributed by atoms with Crippen molar-refractivity contribution in [2.75, 3.05) is 53.4 Å². The minimum Gasteiger partial charge on any atom is -0.497 e. The van der Waals surface area contributed by atoms with Crippen LogP contribution in [0.2, 0.25) is 0 Å². The van der Waals surface area contributed by atoms with Crippen molar-refractivity contribution in [2.45, 2.75) is 18.9 Å². The molecule has 0 saturated carbocycles. The van der Waals surface area contributed by atoms with Crippen molar-refractivity contribution in [3.8, 4) is 34.4 Å². The fourth-order valence-electron chi connectivity index (χ4n) is 4.08. The zero-order valence-corrected chi connectivity index (χ0v) is 20.4. The van der Waals surface area contributed by atoms with Crippen LogP contribution in [-0.4, -0.2) is 79.1 Å². The molecule has 35 heavy (non-hydrogen) atoms. The van der Waals surface area contributed by atoms with Crippen LogP contribution in [0.1, 0.15) is 18.9 Å². The van der Waals surface area contributed by atoms with Crippen LogP contribution in [0, 0.1) is 0 Å². The molecule has 1 saturated heterocycles. The fourth-order valence-corrected chi connectivity index (χ4v) is 4.08. The molecule has 2 heterocycles. The van der Waals surface area contributed by atoms with Crippen LogP contribution in [-0.2, 0) is 4.79 Å². The minimum absolute atomic E-state index is 0.107. The predicted molar refractivity (Wildman–Crippen MR) is 129 cm³/mol. The predicted octanol–water partition coefficient (Wildman–Crippen LogP) is 2.65. The number of nitrogens with one attached hydrogen (secondary N) is 1. The first-order chi connectivity index (χ1) is 17.0. The van der Waals surface area contributed by atoms with Crippen LogP contribution in [0.25, 0.3) is 11.4 Å². The number of anilines is 1. The van der Waals surface area contributed by atoms with Crippen LogP contribution in [0.5, 0.6) is 23.0 Å². The van der Waals surface area contributed by atoms with E-state index in [1.165, 1.54) is 0 Å². The molecule has 1 amide bonds. The first-order valence-electron chi connectivity index (χ1n) is 11.3. The number of benzene rings is 2. The van der Waals surface area contributed by atoms with Gasteiger partial charge in [-0.3, -0.25) is 9.69 Å². The van der Waals surface area contributed by atoms with E-state index in [4.69, 9.17) is 18.9 Å². The summed E-state index contributed by atoms with van der Waals surface area (Å²) in [7, 11) is 6.33. The van der Waals surface area contributed by atoms with Gasteiger partial charge in [0.25, 0.3) is 0 Å². The minimum atomic E-state index is -0.107. The van der Waals surface area contributed by atoms with Gasteiger partial charge in [-0.2, -0.15) is 4.80 Å². The number of amides is 1. The SMILES string of the molecule is COc1ccc(OC)c(NC(=O)CN2CCC(n3nnc(-c4ccc(OC)c(OC)c4)n3)CC2)c1. The number of rotatable bonds is 9. The van der Waals surface area contributed by atoms with Crippen LogP contribution >= 0.6 is 0 Å². The lowest BCUT2D eigenvalue weighted by atomic mass is 10.1. The van der Waals surface area contributed by atoms with E-state index < -0.39 is 0 Å². The summed E-state index contributed by atoms with van der Waals surface area (Å²) in [6.45, 7) is 1.79. The lowest BCUT2D eigenvalue weighted by Crippen LogP contribution is -2.40. The number of ether oxygens (including phenoxy) is 4. The van der Waals surface area contributed by atoms with Crippen molar-refractivity contribution in [2.24, 2.45) is 0 Å². The summed E-state index contributed by atoms with van der Waals surface area (Å²) in [6, 6.07) is 10.9. The number of nitrogens with zero attached hydrogens (tertiary/aromatic N) is 5. The Bertz CT molecular complexity index is 1160. The van der Waals surface area contributed by atoms with Gasteiger partial charge >= 0.3 is 0 Å². The number of carbonyl (C=O) groups excluding carboxylic acids is 1. The number of aromatic nitrogens is 4. The van der Waals surface area contributed by atoms with Gasteiger partial charge in [0.15, 0.2) is 11.5 Å². The van der Waals surface area contributed by atoms with E-state index in [0.29, 0.717) is 34.5 Å². The van der Waals surface area contributed by atoms with E-state index >= 15 is 0 Å². The number of piperidine rings is 1. The average Bonchev–Trinajstić information content (AvgIpc) is 3.39. The van der Waals surface area contributed by atoms with Gasteiger partial charge < -0.3 is 24.3 Å². The number of carbonyl (C=O) groups is 1. The molecule has 1 aromatic heterocycles. The zero-order chi connectivity index (χ0) is 24.8.